The lowest BCUT2D eigenvalue weighted by atomic mass is 9.94. The molecule has 40 heavy (non-hydrogen) atoms. The molecule has 2 heterocycles. The second kappa shape index (κ2) is 11.9. The fraction of sp³-hybridized carbons (Fsp3) is 0.182. The zero-order chi connectivity index (χ0) is 28.1. The Labute approximate surface area is 233 Å². The van der Waals surface area contributed by atoms with Gasteiger partial charge in [-0.1, -0.05) is 72.3 Å². The molecular weight excluding hydrogens is 504 g/mol. The molecule has 0 aliphatic carbocycles. The molecule has 4 aromatic rings. The molecule has 5 rings (SSSR count). The molecule has 0 spiro atoms. The first kappa shape index (κ1) is 26.7. The van der Waals surface area contributed by atoms with Crippen molar-refractivity contribution in [1.82, 2.24) is 9.88 Å². The number of nitrogens with zero attached hydrogens (tertiary/aromatic N) is 2. The van der Waals surface area contributed by atoms with Crippen molar-refractivity contribution in [3.05, 3.63) is 131 Å². The number of aliphatic hydroxyl groups is 1. The number of ether oxygens (including phenoxy) is 2. The van der Waals surface area contributed by atoms with Crippen molar-refractivity contribution < 1.29 is 24.2 Å². The van der Waals surface area contributed by atoms with Crippen LogP contribution in [-0.2, 0) is 22.7 Å². The molecule has 1 aromatic heterocycles. The van der Waals surface area contributed by atoms with Crippen LogP contribution in [0.15, 0.2) is 103 Å². The van der Waals surface area contributed by atoms with E-state index in [2.05, 4.69) is 4.98 Å². The minimum absolute atomic E-state index is 0.0261. The molecule has 0 saturated carbocycles. The number of pyridine rings is 1. The maximum absolute atomic E-state index is 13.4. The van der Waals surface area contributed by atoms with Crippen molar-refractivity contribution in [2.75, 3.05) is 6.61 Å². The number of hydrogen-bond donors (Lipinski definition) is 1. The van der Waals surface area contributed by atoms with Gasteiger partial charge in [-0.3, -0.25) is 14.6 Å². The maximum atomic E-state index is 13.4. The van der Waals surface area contributed by atoms with Gasteiger partial charge in [-0.2, -0.15) is 0 Å². The summed E-state index contributed by atoms with van der Waals surface area (Å²) in [6.45, 7) is 4.70. The zero-order valence-corrected chi connectivity index (χ0v) is 22.4. The molecule has 0 bridgehead atoms. The van der Waals surface area contributed by atoms with Gasteiger partial charge in [0.2, 0.25) is 0 Å². The number of hydrogen-bond acceptors (Lipinski definition) is 6. The number of aliphatic hydroxyl groups excluding tert-OH is 1. The maximum Gasteiger partial charge on any atom is 0.295 e. The third-order valence-corrected chi connectivity index (χ3v) is 6.76. The third-order valence-electron chi connectivity index (χ3n) is 6.76. The smallest absolute Gasteiger partial charge is 0.295 e. The van der Waals surface area contributed by atoms with Crippen LogP contribution in [-0.4, -0.2) is 33.3 Å². The van der Waals surface area contributed by atoms with E-state index in [0.29, 0.717) is 35.8 Å². The Bertz CT molecular complexity index is 1530. The standard InChI is InChI=1S/C33H30N2O5/c1-3-39-28-18-26(15-16-27(28)40-21-23-8-5-4-6-9-23)30-29(31(36)25-13-11-22(2)12-14-25)32(37)33(38)35(30)20-24-10-7-17-34-19-24/h4-19,30,36H,3,20-21H2,1-2H3. The molecule has 1 fully saturated rings. The van der Waals surface area contributed by atoms with Crippen LogP contribution in [0.5, 0.6) is 11.5 Å². The van der Waals surface area contributed by atoms with Crippen LogP contribution in [0.2, 0.25) is 0 Å². The Hall–Kier alpha value is -4.91. The van der Waals surface area contributed by atoms with E-state index in [-0.39, 0.29) is 17.9 Å². The van der Waals surface area contributed by atoms with Gasteiger partial charge in [-0.25, -0.2) is 0 Å². The quantitative estimate of drug-likeness (QED) is 0.161. The number of benzene rings is 3. The third kappa shape index (κ3) is 5.59. The molecular formula is C33H30N2O5. The number of likely N-dealkylation sites (tertiary alicyclic amines) is 1. The van der Waals surface area contributed by atoms with Crippen molar-refractivity contribution in [3.63, 3.8) is 0 Å². The van der Waals surface area contributed by atoms with Gasteiger partial charge in [0.05, 0.1) is 18.2 Å². The summed E-state index contributed by atoms with van der Waals surface area (Å²) in [4.78, 5) is 32.4. The number of carbonyl (C=O) groups is 2. The summed E-state index contributed by atoms with van der Waals surface area (Å²) in [7, 11) is 0. The highest BCUT2D eigenvalue weighted by Gasteiger charge is 2.46. The first-order valence-corrected chi connectivity index (χ1v) is 13.1. The zero-order valence-electron chi connectivity index (χ0n) is 22.4. The fourth-order valence-corrected chi connectivity index (χ4v) is 4.76. The van der Waals surface area contributed by atoms with E-state index in [1.54, 1.807) is 48.8 Å². The van der Waals surface area contributed by atoms with E-state index in [9.17, 15) is 14.7 Å². The molecule has 1 saturated heterocycles. The Morgan fingerprint density at radius 2 is 1.65 bits per heavy atom. The molecule has 7 nitrogen and oxygen atoms in total. The van der Waals surface area contributed by atoms with Gasteiger partial charge >= 0.3 is 0 Å². The molecule has 1 aliphatic heterocycles. The fourth-order valence-electron chi connectivity index (χ4n) is 4.76. The molecule has 1 unspecified atom stereocenters. The Morgan fingerprint density at radius 1 is 0.900 bits per heavy atom. The first-order chi connectivity index (χ1) is 19.5. The van der Waals surface area contributed by atoms with Crippen LogP contribution < -0.4 is 9.47 Å². The molecule has 0 radical (unpaired) electrons. The van der Waals surface area contributed by atoms with Crippen LogP contribution >= 0.6 is 0 Å². The summed E-state index contributed by atoms with van der Waals surface area (Å²) >= 11 is 0. The lowest BCUT2D eigenvalue weighted by molar-refractivity contribution is -0.140. The van der Waals surface area contributed by atoms with Crippen molar-refractivity contribution >= 4 is 17.4 Å². The Kier molecular flexibility index (Phi) is 7.92. The van der Waals surface area contributed by atoms with Gasteiger partial charge in [0.1, 0.15) is 12.4 Å². The van der Waals surface area contributed by atoms with Crippen LogP contribution in [0.3, 0.4) is 0 Å². The predicted octanol–water partition coefficient (Wildman–Crippen LogP) is 5.99. The molecule has 3 aromatic carbocycles. The van der Waals surface area contributed by atoms with E-state index in [4.69, 9.17) is 9.47 Å². The van der Waals surface area contributed by atoms with Crippen LogP contribution in [0, 0.1) is 6.92 Å². The van der Waals surface area contributed by atoms with Crippen molar-refractivity contribution in [3.8, 4) is 11.5 Å². The predicted molar refractivity (Wildman–Crippen MR) is 152 cm³/mol. The summed E-state index contributed by atoms with van der Waals surface area (Å²) in [5.41, 5.74) is 3.89. The van der Waals surface area contributed by atoms with E-state index in [1.165, 1.54) is 4.90 Å². The monoisotopic (exact) mass is 534 g/mol. The second-order valence-electron chi connectivity index (χ2n) is 9.57. The van der Waals surface area contributed by atoms with Gasteiger partial charge in [0.15, 0.2) is 11.5 Å². The van der Waals surface area contributed by atoms with Gasteiger partial charge in [0, 0.05) is 24.5 Å². The summed E-state index contributed by atoms with van der Waals surface area (Å²) in [6.07, 6.45) is 3.30. The van der Waals surface area contributed by atoms with E-state index in [1.807, 2.05) is 62.4 Å². The van der Waals surface area contributed by atoms with Gasteiger partial charge < -0.3 is 19.5 Å². The highest BCUT2D eigenvalue weighted by Crippen LogP contribution is 2.43. The van der Waals surface area contributed by atoms with Gasteiger partial charge in [-0.05, 0) is 48.7 Å². The lowest BCUT2D eigenvalue weighted by Crippen LogP contribution is -2.29. The average molecular weight is 535 g/mol. The van der Waals surface area contributed by atoms with E-state index in [0.717, 1.165) is 16.7 Å². The lowest BCUT2D eigenvalue weighted by Gasteiger charge is -2.26. The number of Topliss-reactive ketones (excluding diaryl/α,β-unsaturated/α-hetero) is 1. The Morgan fingerprint density at radius 3 is 2.35 bits per heavy atom. The summed E-state index contributed by atoms with van der Waals surface area (Å²) in [5.74, 6) is -0.631. The number of rotatable bonds is 9. The number of aromatic nitrogens is 1. The van der Waals surface area contributed by atoms with Crippen LogP contribution in [0.1, 0.15) is 40.8 Å². The summed E-state index contributed by atoms with van der Waals surface area (Å²) in [6, 6.07) is 25.1. The minimum Gasteiger partial charge on any atom is -0.507 e. The molecule has 7 heteroatoms. The highest BCUT2D eigenvalue weighted by atomic mass is 16.5. The average Bonchev–Trinajstić information content (AvgIpc) is 3.22. The van der Waals surface area contributed by atoms with E-state index >= 15 is 0 Å². The largest absolute Gasteiger partial charge is 0.507 e. The molecule has 1 aliphatic rings. The first-order valence-electron chi connectivity index (χ1n) is 13.1. The van der Waals surface area contributed by atoms with Crippen LogP contribution in [0.25, 0.3) is 5.76 Å². The Balaban J connectivity index is 1.58. The van der Waals surface area contributed by atoms with E-state index < -0.39 is 17.7 Å². The number of amides is 1. The minimum atomic E-state index is -0.844. The number of ketones is 1. The highest BCUT2D eigenvalue weighted by molar-refractivity contribution is 6.46. The molecule has 1 atom stereocenters. The second-order valence-corrected chi connectivity index (χ2v) is 9.57. The van der Waals surface area contributed by atoms with Crippen molar-refractivity contribution in [2.24, 2.45) is 0 Å². The molecule has 1 N–H and O–H groups in total. The van der Waals surface area contributed by atoms with Crippen LogP contribution in [0.4, 0.5) is 0 Å². The van der Waals surface area contributed by atoms with Crippen molar-refractivity contribution in [1.29, 1.82) is 0 Å². The van der Waals surface area contributed by atoms with Gasteiger partial charge in [-0.15, -0.1) is 0 Å². The number of aryl methyl sites for hydroxylation is 1. The van der Waals surface area contributed by atoms with Gasteiger partial charge in [0.25, 0.3) is 11.7 Å². The SMILES string of the molecule is CCOc1cc(C2C(=C(O)c3ccc(C)cc3)C(=O)C(=O)N2Cc2cccnc2)ccc1OCc1ccccc1. The van der Waals surface area contributed by atoms with Crippen molar-refractivity contribution in [2.45, 2.75) is 33.0 Å². The summed E-state index contributed by atoms with van der Waals surface area (Å²) in [5, 5.41) is 11.4. The number of carbonyl (C=O) groups excluding carboxylic acids is 2. The molecule has 202 valence electrons. The summed E-state index contributed by atoms with van der Waals surface area (Å²) < 4.78 is 12.0. The topological polar surface area (TPSA) is 89.0 Å². The molecule has 1 amide bonds. The normalized spacial score (nSPS) is 16.2.